The van der Waals surface area contributed by atoms with Gasteiger partial charge in [-0.05, 0) is 19.4 Å². The minimum atomic E-state index is -0.552. The molecule has 108 valence electrons. The van der Waals surface area contributed by atoms with Gasteiger partial charge in [0.05, 0.1) is 12.5 Å². The van der Waals surface area contributed by atoms with Gasteiger partial charge in [0.2, 0.25) is 11.8 Å². The number of amides is 2. The Bertz CT molecular complexity index is 518. The van der Waals surface area contributed by atoms with E-state index in [4.69, 9.17) is 0 Å². The van der Waals surface area contributed by atoms with Crippen LogP contribution in [0.5, 0.6) is 0 Å². The zero-order chi connectivity index (χ0) is 14.7. The highest BCUT2D eigenvalue weighted by molar-refractivity contribution is 6.05. The number of rotatable bonds is 5. The number of nitrogens with one attached hydrogen (secondary N) is 1. The Morgan fingerprint density at radius 2 is 2.10 bits per heavy atom. The van der Waals surface area contributed by atoms with Crippen molar-refractivity contribution in [2.45, 2.75) is 38.8 Å². The predicted octanol–water partition coefficient (Wildman–Crippen LogP) is 2.01. The molecular weight excluding hydrogens is 259 g/mol. The van der Waals surface area contributed by atoms with Crippen molar-refractivity contribution in [2.75, 3.05) is 6.54 Å². The molecule has 0 saturated carbocycles. The quantitative estimate of drug-likeness (QED) is 0.838. The van der Waals surface area contributed by atoms with Crippen LogP contribution in [0.4, 0.5) is 4.39 Å². The second-order valence-electron chi connectivity index (χ2n) is 5.05. The van der Waals surface area contributed by atoms with E-state index in [1.54, 1.807) is 25.1 Å². The second-order valence-corrected chi connectivity index (χ2v) is 5.05. The molecule has 1 aliphatic rings. The van der Waals surface area contributed by atoms with Crippen molar-refractivity contribution in [3.8, 4) is 0 Å². The van der Waals surface area contributed by atoms with E-state index in [9.17, 15) is 14.0 Å². The predicted molar refractivity (Wildman–Crippen MR) is 73.4 cm³/mol. The van der Waals surface area contributed by atoms with E-state index in [1.807, 2.05) is 6.92 Å². The maximum absolute atomic E-state index is 13.7. The van der Waals surface area contributed by atoms with Gasteiger partial charge in [-0.15, -0.1) is 0 Å². The highest BCUT2D eigenvalue weighted by Crippen LogP contribution is 2.20. The van der Waals surface area contributed by atoms with Gasteiger partial charge >= 0.3 is 0 Å². The van der Waals surface area contributed by atoms with E-state index in [0.717, 1.165) is 6.42 Å². The average molecular weight is 278 g/mol. The first kappa shape index (κ1) is 14.7. The van der Waals surface area contributed by atoms with Gasteiger partial charge in [-0.2, -0.15) is 0 Å². The first-order valence-corrected chi connectivity index (χ1v) is 6.89. The van der Waals surface area contributed by atoms with E-state index in [0.29, 0.717) is 12.1 Å². The zero-order valence-electron chi connectivity index (χ0n) is 11.7. The molecule has 2 amide bonds. The molecule has 4 nitrogen and oxygen atoms in total. The monoisotopic (exact) mass is 278 g/mol. The van der Waals surface area contributed by atoms with Crippen molar-refractivity contribution in [3.05, 3.63) is 35.6 Å². The number of benzene rings is 1. The van der Waals surface area contributed by atoms with Crippen LogP contribution in [-0.2, 0) is 9.59 Å². The van der Waals surface area contributed by atoms with E-state index in [1.165, 1.54) is 11.0 Å². The van der Waals surface area contributed by atoms with E-state index in [2.05, 4.69) is 5.32 Å². The van der Waals surface area contributed by atoms with Crippen molar-refractivity contribution >= 4 is 11.8 Å². The summed E-state index contributed by atoms with van der Waals surface area (Å²) in [5, 5.41) is 3.05. The van der Waals surface area contributed by atoms with Crippen molar-refractivity contribution < 1.29 is 14.0 Å². The molecule has 1 aromatic rings. The first-order chi connectivity index (χ1) is 9.54. The van der Waals surface area contributed by atoms with Crippen LogP contribution >= 0.6 is 0 Å². The van der Waals surface area contributed by atoms with Gasteiger partial charge < -0.3 is 0 Å². The fourth-order valence-corrected chi connectivity index (χ4v) is 2.49. The van der Waals surface area contributed by atoms with Crippen LogP contribution in [0, 0.1) is 5.82 Å². The molecule has 1 N–H and O–H groups in total. The summed E-state index contributed by atoms with van der Waals surface area (Å²) in [6.07, 6.45) is 0.894. The SMILES string of the molecule is CCCN1C(=O)CC(NC(C)c2ccccc2F)C1=O. The molecule has 2 atom stereocenters. The summed E-state index contributed by atoms with van der Waals surface area (Å²) < 4.78 is 13.7. The summed E-state index contributed by atoms with van der Waals surface area (Å²) in [6.45, 7) is 4.16. The molecule has 0 spiro atoms. The summed E-state index contributed by atoms with van der Waals surface area (Å²) in [5.74, 6) is -0.676. The summed E-state index contributed by atoms with van der Waals surface area (Å²) in [4.78, 5) is 25.2. The average Bonchev–Trinajstić information content (AvgIpc) is 2.67. The summed E-state index contributed by atoms with van der Waals surface area (Å²) in [7, 11) is 0. The van der Waals surface area contributed by atoms with Gasteiger partial charge in [-0.25, -0.2) is 4.39 Å². The molecular formula is C15H19FN2O2. The van der Waals surface area contributed by atoms with Gasteiger partial charge in [-0.1, -0.05) is 25.1 Å². The van der Waals surface area contributed by atoms with Gasteiger partial charge in [0.15, 0.2) is 0 Å². The maximum atomic E-state index is 13.7. The van der Waals surface area contributed by atoms with Crippen molar-refractivity contribution in [1.82, 2.24) is 10.2 Å². The normalized spacial score (nSPS) is 20.6. The van der Waals surface area contributed by atoms with Crippen LogP contribution in [0.25, 0.3) is 0 Å². The Hall–Kier alpha value is -1.75. The third-order valence-electron chi connectivity index (χ3n) is 3.51. The second kappa shape index (κ2) is 6.13. The van der Waals surface area contributed by atoms with Crippen LogP contribution < -0.4 is 5.32 Å². The van der Waals surface area contributed by atoms with Gasteiger partial charge in [-0.3, -0.25) is 19.8 Å². The van der Waals surface area contributed by atoms with E-state index in [-0.39, 0.29) is 30.1 Å². The smallest absolute Gasteiger partial charge is 0.246 e. The lowest BCUT2D eigenvalue weighted by molar-refractivity contribution is -0.138. The Morgan fingerprint density at radius 1 is 1.40 bits per heavy atom. The number of halogens is 1. The number of imide groups is 1. The number of carbonyl (C=O) groups is 2. The highest BCUT2D eigenvalue weighted by Gasteiger charge is 2.38. The molecule has 2 unspecified atom stereocenters. The lowest BCUT2D eigenvalue weighted by atomic mass is 10.1. The molecule has 1 fully saturated rings. The zero-order valence-corrected chi connectivity index (χ0v) is 11.7. The minimum Gasteiger partial charge on any atom is -0.299 e. The van der Waals surface area contributed by atoms with Gasteiger partial charge in [0.25, 0.3) is 0 Å². The Labute approximate surface area is 118 Å². The molecule has 5 heteroatoms. The minimum absolute atomic E-state index is 0.150. The Kier molecular flexibility index (Phi) is 4.49. The largest absolute Gasteiger partial charge is 0.299 e. The molecule has 1 saturated heterocycles. The number of hydrogen-bond donors (Lipinski definition) is 1. The first-order valence-electron chi connectivity index (χ1n) is 6.89. The van der Waals surface area contributed by atoms with Crippen molar-refractivity contribution in [2.24, 2.45) is 0 Å². The summed E-state index contributed by atoms with van der Waals surface area (Å²) in [6, 6.07) is 5.57. The molecule has 2 rings (SSSR count). The van der Waals surface area contributed by atoms with E-state index < -0.39 is 6.04 Å². The molecule has 0 aliphatic carbocycles. The van der Waals surface area contributed by atoms with Crippen molar-refractivity contribution in [1.29, 1.82) is 0 Å². The Balaban J connectivity index is 2.06. The molecule has 1 heterocycles. The Morgan fingerprint density at radius 3 is 2.75 bits per heavy atom. The summed E-state index contributed by atoms with van der Waals surface area (Å²) in [5.41, 5.74) is 0.502. The third-order valence-corrected chi connectivity index (χ3v) is 3.51. The van der Waals surface area contributed by atoms with Crippen LogP contribution in [0.1, 0.15) is 38.3 Å². The number of nitrogens with zero attached hydrogens (tertiary/aromatic N) is 1. The summed E-state index contributed by atoms with van der Waals surface area (Å²) >= 11 is 0. The van der Waals surface area contributed by atoms with E-state index >= 15 is 0 Å². The van der Waals surface area contributed by atoms with Crippen LogP contribution in [-0.4, -0.2) is 29.3 Å². The van der Waals surface area contributed by atoms with Crippen LogP contribution in [0.15, 0.2) is 24.3 Å². The highest BCUT2D eigenvalue weighted by atomic mass is 19.1. The fourth-order valence-electron chi connectivity index (χ4n) is 2.49. The van der Waals surface area contributed by atoms with Crippen molar-refractivity contribution in [3.63, 3.8) is 0 Å². The number of likely N-dealkylation sites (tertiary alicyclic amines) is 1. The fraction of sp³-hybridized carbons (Fsp3) is 0.467. The molecule has 0 aromatic heterocycles. The number of carbonyl (C=O) groups excluding carboxylic acids is 2. The lowest BCUT2D eigenvalue weighted by Gasteiger charge is -2.19. The lowest BCUT2D eigenvalue weighted by Crippen LogP contribution is -2.40. The van der Waals surface area contributed by atoms with Gasteiger partial charge in [0, 0.05) is 18.2 Å². The molecule has 0 radical (unpaired) electrons. The topological polar surface area (TPSA) is 49.4 Å². The molecule has 20 heavy (non-hydrogen) atoms. The molecule has 1 aliphatic heterocycles. The van der Waals surface area contributed by atoms with Gasteiger partial charge in [0.1, 0.15) is 5.82 Å². The molecule has 1 aromatic carbocycles. The van der Waals surface area contributed by atoms with Crippen LogP contribution in [0.2, 0.25) is 0 Å². The van der Waals surface area contributed by atoms with Crippen LogP contribution in [0.3, 0.4) is 0 Å². The standard InChI is InChI=1S/C15H19FN2O2/c1-3-8-18-14(19)9-13(15(18)20)17-10(2)11-6-4-5-7-12(11)16/h4-7,10,13,17H,3,8-9H2,1-2H3. The molecule has 0 bridgehead atoms. The number of hydrogen-bond acceptors (Lipinski definition) is 3. The third kappa shape index (κ3) is 2.88. The maximum Gasteiger partial charge on any atom is 0.246 e.